The van der Waals surface area contributed by atoms with Crippen LogP contribution in [-0.4, -0.2) is 24.9 Å². The molecule has 0 amide bonds. The standard InChI is InChI=1S/C19H17BrN6O3/c1-24-16-15(17(27)25(2)19(24)28)26(11-12-6-4-3-5-7-12)18(22-16)23-21-10-13-8-9-14(20)29-13/h3-10H,11H2,1-2H3,(H,22,23)/b21-10-. The van der Waals surface area contributed by atoms with Crippen molar-refractivity contribution in [2.45, 2.75) is 6.54 Å². The lowest BCUT2D eigenvalue weighted by atomic mass is 10.2. The Morgan fingerprint density at radius 2 is 1.90 bits per heavy atom. The molecular weight excluding hydrogens is 440 g/mol. The third-order valence-corrected chi connectivity index (χ3v) is 4.91. The molecule has 4 aromatic rings. The van der Waals surface area contributed by atoms with E-state index >= 15 is 0 Å². The molecule has 10 heteroatoms. The molecule has 1 N–H and O–H groups in total. The minimum absolute atomic E-state index is 0.285. The van der Waals surface area contributed by atoms with Gasteiger partial charge in [0.1, 0.15) is 5.76 Å². The van der Waals surface area contributed by atoms with Gasteiger partial charge in [0.2, 0.25) is 5.95 Å². The van der Waals surface area contributed by atoms with E-state index in [1.165, 1.54) is 17.8 Å². The Morgan fingerprint density at radius 1 is 1.14 bits per heavy atom. The highest BCUT2D eigenvalue weighted by Crippen LogP contribution is 2.18. The summed E-state index contributed by atoms with van der Waals surface area (Å²) in [6.07, 6.45) is 1.49. The maximum Gasteiger partial charge on any atom is 0.332 e. The van der Waals surface area contributed by atoms with Gasteiger partial charge in [-0.05, 0) is 33.6 Å². The highest BCUT2D eigenvalue weighted by molar-refractivity contribution is 9.10. The van der Waals surface area contributed by atoms with E-state index < -0.39 is 11.2 Å². The summed E-state index contributed by atoms with van der Waals surface area (Å²) in [7, 11) is 3.03. The van der Waals surface area contributed by atoms with Crippen LogP contribution in [0.5, 0.6) is 0 Å². The van der Waals surface area contributed by atoms with Gasteiger partial charge in [0.05, 0.1) is 12.8 Å². The van der Waals surface area contributed by atoms with Crippen LogP contribution in [0.1, 0.15) is 11.3 Å². The molecule has 4 rings (SSSR count). The second kappa shape index (κ2) is 7.55. The average molecular weight is 457 g/mol. The first-order chi connectivity index (χ1) is 14.0. The number of anilines is 1. The van der Waals surface area contributed by atoms with Crippen LogP contribution in [0, 0.1) is 0 Å². The smallest absolute Gasteiger partial charge is 0.332 e. The predicted octanol–water partition coefficient (Wildman–Crippen LogP) is 2.28. The molecule has 3 heterocycles. The number of nitrogens with one attached hydrogen (secondary N) is 1. The summed E-state index contributed by atoms with van der Waals surface area (Å²) in [5, 5.41) is 4.16. The number of imidazole rings is 1. The van der Waals surface area contributed by atoms with E-state index in [4.69, 9.17) is 4.42 Å². The van der Waals surface area contributed by atoms with Crippen LogP contribution in [0.4, 0.5) is 5.95 Å². The Balaban J connectivity index is 1.83. The van der Waals surface area contributed by atoms with Crippen LogP contribution in [0.25, 0.3) is 11.2 Å². The van der Waals surface area contributed by atoms with Crippen molar-refractivity contribution in [1.82, 2.24) is 18.7 Å². The lowest BCUT2D eigenvalue weighted by Crippen LogP contribution is -2.37. The summed E-state index contributed by atoms with van der Waals surface area (Å²) in [5.41, 5.74) is 3.57. The molecule has 0 saturated carbocycles. The SMILES string of the molecule is Cn1c(=O)c2c(nc(N/N=C\c3ccc(Br)o3)n2Cc2ccccc2)n(C)c1=O. The number of hydrazone groups is 1. The van der Waals surface area contributed by atoms with Crippen molar-refractivity contribution in [2.24, 2.45) is 19.2 Å². The van der Waals surface area contributed by atoms with E-state index in [1.807, 2.05) is 30.3 Å². The molecule has 0 bridgehead atoms. The highest BCUT2D eigenvalue weighted by atomic mass is 79.9. The van der Waals surface area contributed by atoms with Gasteiger partial charge in [-0.15, -0.1) is 0 Å². The number of aromatic nitrogens is 4. The predicted molar refractivity (Wildman–Crippen MR) is 113 cm³/mol. The quantitative estimate of drug-likeness (QED) is 0.366. The Hall–Kier alpha value is -3.40. The topological polar surface area (TPSA) is 99.3 Å². The molecule has 0 spiro atoms. The lowest BCUT2D eigenvalue weighted by Gasteiger charge is -2.09. The fourth-order valence-electron chi connectivity index (χ4n) is 3.00. The van der Waals surface area contributed by atoms with Crippen molar-refractivity contribution < 1.29 is 4.42 Å². The number of aryl methyl sites for hydroxylation is 1. The molecule has 0 saturated heterocycles. The molecule has 1 aromatic carbocycles. The summed E-state index contributed by atoms with van der Waals surface area (Å²) in [6, 6.07) is 13.2. The zero-order valence-electron chi connectivity index (χ0n) is 15.7. The molecule has 0 aliphatic carbocycles. The van der Waals surface area contributed by atoms with E-state index in [2.05, 4.69) is 31.4 Å². The number of rotatable bonds is 5. The van der Waals surface area contributed by atoms with Crippen LogP contribution in [-0.2, 0) is 20.6 Å². The third-order valence-electron chi connectivity index (χ3n) is 4.48. The van der Waals surface area contributed by atoms with Crippen molar-refractivity contribution in [3.05, 3.63) is 79.3 Å². The summed E-state index contributed by atoms with van der Waals surface area (Å²) < 4.78 is 10.1. The lowest BCUT2D eigenvalue weighted by molar-refractivity contribution is 0.534. The Kier molecular flexibility index (Phi) is 4.93. The van der Waals surface area contributed by atoms with Crippen molar-refractivity contribution in [3.63, 3.8) is 0 Å². The summed E-state index contributed by atoms with van der Waals surface area (Å²) in [5.74, 6) is 0.877. The number of hydrogen-bond acceptors (Lipinski definition) is 6. The molecule has 29 heavy (non-hydrogen) atoms. The van der Waals surface area contributed by atoms with Gasteiger partial charge in [-0.1, -0.05) is 30.3 Å². The first kappa shape index (κ1) is 18.9. The second-order valence-corrected chi connectivity index (χ2v) is 7.18. The fourth-order valence-corrected chi connectivity index (χ4v) is 3.32. The van der Waals surface area contributed by atoms with Gasteiger partial charge in [-0.2, -0.15) is 10.1 Å². The van der Waals surface area contributed by atoms with Crippen LogP contribution < -0.4 is 16.7 Å². The van der Waals surface area contributed by atoms with Crippen LogP contribution >= 0.6 is 15.9 Å². The summed E-state index contributed by atoms with van der Waals surface area (Å²) >= 11 is 3.24. The van der Waals surface area contributed by atoms with Crippen molar-refractivity contribution in [2.75, 3.05) is 5.43 Å². The molecule has 0 radical (unpaired) electrons. The molecule has 0 fully saturated rings. The van der Waals surface area contributed by atoms with Crippen molar-refractivity contribution >= 4 is 39.3 Å². The number of hydrogen-bond donors (Lipinski definition) is 1. The molecule has 0 aliphatic heterocycles. The number of fused-ring (bicyclic) bond motifs is 1. The number of furan rings is 1. The van der Waals surface area contributed by atoms with Gasteiger partial charge in [0, 0.05) is 14.1 Å². The third kappa shape index (κ3) is 3.54. The van der Waals surface area contributed by atoms with E-state index in [0.717, 1.165) is 10.1 Å². The van der Waals surface area contributed by atoms with E-state index in [9.17, 15) is 9.59 Å². The number of nitrogens with zero attached hydrogens (tertiary/aromatic N) is 5. The second-order valence-electron chi connectivity index (χ2n) is 6.40. The zero-order valence-corrected chi connectivity index (χ0v) is 17.3. The minimum Gasteiger partial charge on any atom is -0.448 e. The number of benzene rings is 1. The first-order valence-electron chi connectivity index (χ1n) is 8.70. The largest absolute Gasteiger partial charge is 0.448 e. The molecule has 0 aliphatic rings. The monoisotopic (exact) mass is 456 g/mol. The molecule has 0 unspecified atom stereocenters. The van der Waals surface area contributed by atoms with Gasteiger partial charge in [-0.25, -0.2) is 10.2 Å². The Labute approximate surface area is 173 Å². The van der Waals surface area contributed by atoms with Gasteiger partial charge < -0.3 is 4.42 Å². The van der Waals surface area contributed by atoms with Crippen molar-refractivity contribution in [3.8, 4) is 0 Å². The van der Waals surface area contributed by atoms with Gasteiger partial charge in [0.25, 0.3) is 5.56 Å². The summed E-state index contributed by atoms with van der Waals surface area (Å²) in [4.78, 5) is 29.6. The van der Waals surface area contributed by atoms with Gasteiger partial charge in [0.15, 0.2) is 15.8 Å². The number of halogens is 1. The fraction of sp³-hybridized carbons (Fsp3) is 0.158. The normalized spacial score (nSPS) is 11.6. The van der Waals surface area contributed by atoms with Crippen molar-refractivity contribution in [1.29, 1.82) is 0 Å². The molecule has 3 aromatic heterocycles. The Bertz CT molecular complexity index is 1330. The molecular formula is C19H17BrN6O3. The van der Waals surface area contributed by atoms with Gasteiger partial charge in [-0.3, -0.25) is 18.5 Å². The molecule has 0 atom stereocenters. The van der Waals surface area contributed by atoms with Crippen LogP contribution in [0.2, 0.25) is 0 Å². The Morgan fingerprint density at radius 3 is 2.59 bits per heavy atom. The zero-order chi connectivity index (χ0) is 20.5. The van der Waals surface area contributed by atoms with Crippen LogP contribution in [0.3, 0.4) is 0 Å². The first-order valence-corrected chi connectivity index (χ1v) is 9.49. The maximum atomic E-state index is 12.8. The maximum absolute atomic E-state index is 12.8. The van der Waals surface area contributed by atoms with E-state index in [-0.39, 0.29) is 5.65 Å². The average Bonchev–Trinajstić information content (AvgIpc) is 3.29. The van der Waals surface area contributed by atoms with E-state index in [0.29, 0.717) is 28.4 Å². The van der Waals surface area contributed by atoms with E-state index in [1.54, 1.807) is 23.7 Å². The highest BCUT2D eigenvalue weighted by Gasteiger charge is 2.19. The molecule has 9 nitrogen and oxygen atoms in total. The van der Waals surface area contributed by atoms with Crippen LogP contribution in [0.15, 0.2) is 66.2 Å². The minimum atomic E-state index is -0.442. The summed E-state index contributed by atoms with van der Waals surface area (Å²) in [6.45, 7) is 0.384. The van der Waals surface area contributed by atoms with Gasteiger partial charge >= 0.3 is 5.69 Å². The molecule has 148 valence electrons.